The molecule has 0 spiro atoms. The monoisotopic (exact) mass is 196 g/mol. The lowest BCUT2D eigenvalue weighted by Gasteiger charge is -2.07. The molecule has 0 aromatic carbocycles. The second-order valence-corrected chi connectivity index (χ2v) is 3.48. The Morgan fingerprint density at radius 1 is 1.50 bits per heavy atom. The molecule has 1 aromatic rings. The van der Waals surface area contributed by atoms with E-state index in [1.165, 1.54) is 5.56 Å². The van der Waals surface area contributed by atoms with E-state index in [1.54, 1.807) is 0 Å². The van der Waals surface area contributed by atoms with Crippen molar-refractivity contribution in [3.63, 3.8) is 0 Å². The quantitative estimate of drug-likeness (QED) is 0.758. The average Bonchev–Trinajstić information content (AvgIpc) is 2.63. The maximum absolute atomic E-state index is 5.99. The van der Waals surface area contributed by atoms with Crippen LogP contribution in [0, 0.1) is 0 Å². The summed E-state index contributed by atoms with van der Waals surface area (Å²) in [6.45, 7) is 5.51. The molecule has 3 nitrogen and oxygen atoms in total. The summed E-state index contributed by atoms with van der Waals surface area (Å²) in [5.41, 5.74) is 7.19. The Morgan fingerprint density at radius 2 is 2.29 bits per heavy atom. The normalized spacial score (nSPS) is 13.1. The van der Waals surface area contributed by atoms with E-state index in [4.69, 9.17) is 10.5 Å². The number of nitrogens with zero attached hydrogens (tertiary/aromatic N) is 1. The highest BCUT2D eigenvalue weighted by Gasteiger charge is 2.05. The molecule has 1 atom stereocenters. The highest BCUT2D eigenvalue weighted by molar-refractivity contribution is 5.14. The Balaban J connectivity index is 2.49. The molecule has 3 heteroatoms. The van der Waals surface area contributed by atoms with Gasteiger partial charge in [-0.15, -0.1) is 0 Å². The summed E-state index contributed by atoms with van der Waals surface area (Å²) < 4.78 is 7.32. The van der Waals surface area contributed by atoms with Gasteiger partial charge in [-0.1, -0.05) is 13.3 Å². The van der Waals surface area contributed by atoms with Gasteiger partial charge in [0.2, 0.25) is 0 Å². The fraction of sp³-hybridized carbons (Fsp3) is 0.636. The van der Waals surface area contributed by atoms with E-state index in [-0.39, 0.29) is 6.04 Å². The molecule has 0 bridgehead atoms. The molecule has 1 heterocycles. The van der Waals surface area contributed by atoms with E-state index in [2.05, 4.69) is 19.2 Å². The Morgan fingerprint density at radius 3 is 2.93 bits per heavy atom. The number of hydrogen-bond acceptors (Lipinski definition) is 2. The molecular weight excluding hydrogens is 176 g/mol. The first-order chi connectivity index (χ1) is 6.77. The van der Waals surface area contributed by atoms with Gasteiger partial charge in [-0.3, -0.25) is 0 Å². The van der Waals surface area contributed by atoms with Crippen molar-refractivity contribution in [2.45, 2.75) is 39.5 Å². The third-order valence-corrected chi connectivity index (χ3v) is 2.25. The number of hydrogen-bond donors (Lipinski definition) is 1. The number of rotatable bonds is 6. The first-order valence-electron chi connectivity index (χ1n) is 5.27. The van der Waals surface area contributed by atoms with Crippen LogP contribution in [-0.4, -0.2) is 11.2 Å². The smallest absolute Gasteiger partial charge is 0.122 e. The number of nitrogens with two attached hydrogens (primary N) is 1. The summed E-state index contributed by atoms with van der Waals surface area (Å²) in [5.74, 6) is 0. The van der Waals surface area contributed by atoms with Crippen molar-refractivity contribution in [1.29, 1.82) is 0 Å². The number of aromatic nitrogens is 1. The van der Waals surface area contributed by atoms with Crippen LogP contribution < -0.4 is 5.73 Å². The molecule has 0 amide bonds. The Hall–Kier alpha value is -0.800. The second-order valence-electron chi connectivity index (χ2n) is 3.48. The lowest BCUT2D eigenvalue weighted by Crippen LogP contribution is -2.08. The summed E-state index contributed by atoms with van der Waals surface area (Å²) in [4.78, 5) is 0. The summed E-state index contributed by atoms with van der Waals surface area (Å²) in [6.07, 6.45) is 6.24. The fourth-order valence-corrected chi connectivity index (χ4v) is 1.43. The van der Waals surface area contributed by atoms with Crippen LogP contribution in [0.25, 0.3) is 0 Å². The van der Waals surface area contributed by atoms with Crippen LogP contribution in [0.4, 0.5) is 0 Å². The van der Waals surface area contributed by atoms with Crippen molar-refractivity contribution in [1.82, 2.24) is 4.57 Å². The van der Waals surface area contributed by atoms with Crippen molar-refractivity contribution in [3.05, 3.63) is 24.0 Å². The summed E-state index contributed by atoms with van der Waals surface area (Å²) >= 11 is 0. The molecule has 0 fully saturated rings. The van der Waals surface area contributed by atoms with E-state index >= 15 is 0 Å². The topological polar surface area (TPSA) is 40.2 Å². The lowest BCUT2D eigenvalue weighted by molar-refractivity contribution is 0.0880. The maximum atomic E-state index is 5.99. The van der Waals surface area contributed by atoms with Gasteiger partial charge in [0.15, 0.2) is 0 Å². The zero-order chi connectivity index (χ0) is 10.4. The van der Waals surface area contributed by atoms with Gasteiger partial charge < -0.3 is 15.0 Å². The Bertz CT molecular complexity index is 258. The Kier molecular flexibility index (Phi) is 4.70. The molecule has 2 N–H and O–H groups in total. The fourth-order valence-electron chi connectivity index (χ4n) is 1.43. The molecular formula is C11H20N2O. The third kappa shape index (κ3) is 3.16. The van der Waals surface area contributed by atoms with Crippen molar-refractivity contribution >= 4 is 0 Å². The maximum Gasteiger partial charge on any atom is 0.122 e. The predicted octanol–water partition coefficient (Wildman–Crippen LogP) is 2.28. The average molecular weight is 196 g/mol. The molecule has 0 aliphatic carbocycles. The summed E-state index contributed by atoms with van der Waals surface area (Å²) in [6, 6.07) is 2.24. The molecule has 14 heavy (non-hydrogen) atoms. The molecule has 0 saturated carbocycles. The zero-order valence-corrected chi connectivity index (χ0v) is 9.07. The van der Waals surface area contributed by atoms with Crippen LogP contribution in [0.1, 0.15) is 38.3 Å². The van der Waals surface area contributed by atoms with E-state index in [0.717, 1.165) is 19.4 Å². The molecule has 1 aromatic heterocycles. The second kappa shape index (κ2) is 5.83. The molecule has 1 rings (SSSR count). The largest absolute Gasteiger partial charge is 0.361 e. The van der Waals surface area contributed by atoms with Crippen molar-refractivity contribution in [3.8, 4) is 0 Å². The molecule has 0 aliphatic heterocycles. The van der Waals surface area contributed by atoms with Gasteiger partial charge >= 0.3 is 0 Å². The minimum absolute atomic E-state index is 0.169. The highest BCUT2D eigenvalue weighted by Crippen LogP contribution is 2.15. The lowest BCUT2D eigenvalue weighted by atomic mass is 10.1. The van der Waals surface area contributed by atoms with Crippen LogP contribution in [0.15, 0.2) is 18.5 Å². The predicted molar refractivity (Wildman–Crippen MR) is 57.9 cm³/mol. The third-order valence-electron chi connectivity index (χ3n) is 2.25. The van der Waals surface area contributed by atoms with E-state index in [9.17, 15) is 0 Å². The van der Waals surface area contributed by atoms with Crippen molar-refractivity contribution in [2.24, 2.45) is 5.73 Å². The van der Waals surface area contributed by atoms with Crippen LogP contribution in [0.3, 0.4) is 0 Å². The van der Waals surface area contributed by atoms with Crippen LogP contribution in [0.5, 0.6) is 0 Å². The minimum Gasteiger partial charge on any atom is -0.361 e. The van der Waals surface area contributed by atoms with Gasteiger partial charge in [-0.25, -0.2) is 0 Å². The summed E-state index contributed by atoms with van der Waals surface area (Å²) in [5, 5.41) is 0. The standard InChI is InChI=1S/C11H20N2O/c1-3-5-11(12)10-6-7-13(8-10)9-14-4-2/h6-8,11H,3-5,9,12H2,1-2H3. The minimum atomic E-state index is 0.169. The molecule has 0 radical (unpaired) electrons. The zero-order valence-electron chi connectivity index (χ0n) is 9.07. The SMILES string of the molecule is CCCC(N)c1ccn(COCC)c1. The van der Waals surface area contributed by atoms with Crippen LogP contribution in [0.2, 0.25) is 0 Å². The van der Waals surface area contributed by atoms with E-state index in [1.807, 2.05) is 17.7 Å². The summed E-state index contributed by atoms with van der Waals surface area (Å²) in [7, 11) is 0. The molecule has 0 saturated heterocycles. The van der Waals surface area contributed by atoms with Gasteiger partial charge in [0.1, 0.15) is 6.73 Å². The van der Waals surface area contributed by atoms with E-state index in [0.29, 0.717) is 6.73 Å². The van der Waals surface area contributed by atoms with Gasteiger partial charge in [-0.2, -0.15) is 0 Å². The first kappa shape index (κ1) is 11.3. The van der Waals surface area contributed by atoms with Crippen LogP contribution >= 0.6 is 0 Å². The van der Waals surface area contributed by atoms with Crippen molar-refractivity contribution in [2.75, 3.05) is 6.61 Å². The first-order valence-corrected chi connectivity index (χ1v) is 5.27. The Labute approximate surface area is 85.9 Å². The van der Waals surface area contributed by atoms with Crippen LogP contribution in [-0.2, 0) is 11.5 Å². The molecule has 80 valence electrons. The highest BCUT2D eigenvalue weighted by atomic mass is 16.5. The van der Waals surface area contributed by atoms with Gasteiger partial charge in [-0.05, 0) is 25.0 Å². The molecule has 0 aliphatic rings. The van der Waals surface area contributed by atoms with Gasteiger partial charge in [0, 0.05) is 25.0 Å². The van der Waals surface area contributed by atoms with Gasteiger partial charge in [0.25, 0.3) is 0 Å². The van der Waals surface area contributed by atoms with Crippen molar-refractivity contribution < 1.29 is 4.74 Å². The van der Waals surface area contributed by atoms with E-state index < -0.39 is 0 Å². The number of ether oxygens (including phenoxy) is 1. The van der Waals surface area contributed by atoms with Gasteiger partial charge in [0.05, 0.1) is 0 Å². The molecule has 1 unspecified atom stereocenters.